The Labute approximate surface area is 69.5 Å². The van der Waals surface area contributed by atoms with Crippen LogP contribution in [0.25, 0.3) is 0 Å². The summed E-state index contributed by atoms with van der Waals surface area (Å²) in [6.07, 6.45) is 2.87. The maximum atomic E-state index is 10.8. The van der Waals surface area contributed by atoms with Crippen molar-refractivity contribution >= 4 is 21.8 Å². The number of nitrogens with one attached hydrogen (secondary N) is 1. The number of carbonyl (C=O) groups is 1. The molecule has 1 rings (SSSR count). The first kappa shape index (κ1) is 8.05. The molecule has 0 spiro atoms. The average Bonchev–Trinajstić information content (AvgIpc) is 2.14. The first-order valence-corrected chi connectivity index (χ1v) is 4.77. The Morgan fingerprint density at radius 1 is 1.60 bits per heavy atom. The SMILES string of the molecule is O=C1CCC(CBr)CCN1. The Morgan fingerprint density at radius 3 is 3.10 bits per heavy atom. The number of carbonyl (C=O) groups excluding carboxylic acids is 1. The monoisotopic (exact) mass is 205 g/mol. The van der Waals surface area contributed by atoms with E-state index in [1.54, 1.807) is 0 Å². The normalized spacial score (nSPS) is 27.3. The Morgan fingerprint density at radius 2 is 2.40 bits per heavy atom. The van der Waals surface area contributed by atoms with E-state index in [0.717, 1.165) is 24.7 Å². The second-order valence-electron chi connectivity index (χ2n) is 2.70. The lowest BCUT2D eigenvalue weighted by Gasteiger charge is -2.06. The van der Waals surface area contributed by atoms with Gasteiger partial charge in [-0.2, -0.15) is 0 Å². The minimum atomic E-state index is 0.212. The molecule has 0 radical (unpaired) electrons. The van der Waals surface area contributed by atoms with Crippen LogP contribution in [0.4, 0.5) is 0 Å². The summed E-state index contributed by atoms with van der Waals surface area (Å²) < 4.78 is 0. The third-order valence-corrected chi connectivity index (χ3v) is 2.79. The maximum Gasteiger partial charge on any atom is 0.220 e. The van der Waals surface area contributed by atoms with Crippen LogP contribution in [0.1, 0.15) is 19.3 Å². The largest absolute Gasteiger partial charge is 0.356 e. The van der Waals surface area contributed by atoms with Crippen LogP contribution in [-0.2, 0) is 4.79 Å². The maximum absolute atomic E-state index is 10.8. The Hall–Kier alpha value is -0.0500. The molecule has 1 saturated heterocycles. The zero-order valence-electron chi connectivity index (χ0n) is 5.90. The highest BCUT2D eigenvalue weighted by molar-refractivity contribution is 9.09. The molecule has 0 aliphatic carbocycles. The van der Waals surface area contributed by atoms with Gasteiger partial charge < -0.3 is 5.32 Å². The van der Waals surface area contributed by atoms with Crippen molar-refractivity contribution in [3.05, 3.63) is 0 Å². The molecular weight excluding hydrogens is 194 g/mol. The Balaban J connectivity index is 2.33. The smallest absolute Gasteiger partial charge is 0.220 e. The molecule has 1 atom stereocenters. The molecule has 0 aromatic rings. The fourth-order valence-electron chi connectivity index (χ4n) is 1.14. The van der Waals surface area contributed by atoms with Gasteiger partial charge in [0.15, 0.2) is 0 Å². The number of alkyl halides is 1. The minimum absolute atomic E-state index is 0.212. The molecule has 3 heteroatoms. The molecular formula is C7H12BrNO. The van der Waals surface area contributed by atoms with Crippen molar-refractivity contribution in [3.63, 3.8) is 0 Å². The van der Waals surface area contributed by atoms with Crippen molar-refractivity contribution < 1.29 is 4.79 Å². The quantitative estimate of drug-likeness (QED) is 0.643. The molecule has 1 heterocycles. The van der Waals surface area contributed by atoms with Gasteiger partial charge in [-0.3, -0.25) is 4.79 Å². The van der Waals surface area contributed by atoms with Crippen LogP contribution in [0.15, 0.2) is 0 Å². The van der Waals surface area contributed by atoms with Crippen molar-refractivity contribution in [3.8, 4) is 0 Å². The molecule has 1 aliphatic heterocycles. The van der Waals surface area contributed by atoms with Gasteiger partial charge in [0.25, 0.3) is 0 Å². The summed E-state index contributed by atoms with van der Waals surface area (Å²) in [4.78, 5) is 10.8. The predicted octanol–water partition coefficient (Wildman–Crippen LogP) is 1.30. The van der Waals surface area contributed by atoms with Gasteiger partial charge >= 0.3 is 0 Å². The molecule has 58 valence electrons. The number of hydrogen-bond acceptors (Lipinski definition) is 1. The molecule has 1 aliphatic rings. The van der Waals surface area contributed by atoms with Crippen LogP contribution in [0.3, 0.4) is 0 Å². The summed E-state index contributed by atoms with van der Waals surface area (Å²) in [5.41, 5.74) is 0. The lowest BCUT2D eigenvalue weighted by molar-refractivity contribution is -0.120. The van der Waals surface area contributed by atoms with Crippen molar-refractivity contribution in [1.82, 2.24) is 5.32 Å². The summed E-state index contributed by atoms with van der Waals surface area (Å²) in [6, 6.07) is 0. The lowest BCUT2D eigenvalue weighted by atomic mass is 10.0. The van der Waals surface area contributed by atoms with Gasteiger partial charge in [0, 0.05) is 18.3 Å². The summed E-state index contributed by atoms with van der Waals surface area (Å²) in [6.45, 7) is 0.856. The topological polar surface area (TPSA) is 29.1 Å². The highest BCUT2D eigenvalue weighted by Crippen LogP contribution is 2.15. The van der Waals surface area contributed by atoms with E-state index in [4.69, 9.17) is 0 Å². The van der Waals surface area contributed by atoms with Gasteiger partial charge in [0.2, 0.25) is 5.91 Å². The first-order valence-electron chi connectivity index (χ1n) is 3.65. The standard InChI is InChI=1S/C7H12BrNO/c8-5-6-1-2-7(10)9-4-3-6/h6H,1-5H2,(H,9,10). The van der Waals surface area contributed by atoms with E-state index in [1.807, 2.05) is 0 Å². The van der Waals surface area contributed by atoms with Gasteiger partial charge in [-0.05, 0) is 18.8 Å². The van der Waals surface area contributed by atoms with E-state index in [2.05, 4.69) is 21.2 Å². The molecule has 2 nitrogen and oxygen atoms in total. The number of amides is 1. The predicted molar refractivity (Wildman–Crippen MR) is 44.1 cm³/mol. The molecule has 10 heavy (non-hydrogen) atoms. The molecule has 1 unspecified atom stereocenters. The zero-order valence-corrected chi connectivity index (χ0v) is 7.49. The molecule has 0 aromatic heterocycles. The van der Waals surface area contributed by atoms with Crippen LogP contribution in [0.2, 0.25) is 0 Å². The van der Waals surface area contributed by atoms with Crippen LogP contribution >= 0.6 is 15.9 Å². The number of rotatable bonds is 1. The third-order valence-electron chi connectivity index (χ3n) is 1.87. The van der Waals surface area contributed by atoms with E-state index >= 15 is 0 Å². The van der Waals surface area contributed by atoms with Crippen molar-refractivity contribution in [2.75, 3.05) is 11.9 Å². The fourth-order valence-corrected chi connectivity index (χ4v) is 1.79. The summed E-state index contributed by atoms with van der Waals surface area (Å²) in [7, 11) is 0. The number of hydrogen-bond donors (Lipinski definition) is 1. The van der Waals surface area contributed by atoms with E-state index in [0.29, 0.717) is 12.3 Å². The molecule has 1 fully saturated rings. The van der Waals surface area contributed by atoms with Crippen molar-refractivity contribution in [2.45, 2.75) is 19.3 Å². The van der Waals surface area contributed by atoms with Gasteiger partial charge in [0.1, 0.15) is 0 Å². The van der Waals surface area contributed by atoms with E-state index in [9.17, 15) is 4.79 Å². The average molecular weight is 206 g/mol. The highest BCUT2D eigenvalue weighted by Gasteiger charge is 2.13. The third kappa shape index (κ3) is 2.29. The van der Waals surface area contributed by atoms with Gasteiger partial charge in [-0.1, -0.05) is 15.9 Å². The van der Waals surface area contributed by atoms with E-state index in [1.165, 1.54) is 0 Å². The second-order valence-corrected chi connectivity index (χ2v) is 3.35. The number of halogens is 1. The van der Waals surface area contributed by atoms with Gasteiger partial charge in [0.05, 0.1) is 0 Å². The van der Waals surface area contributed by atoms with E-state index < -0.39 is 0 Å². The second kappa shape index (κ2) is 3.96. The molecule has 1 N–H and O–H groups in total. The molecule has 0 saturated carbocycles. The Kier molecular flexibility index (Phi) is 3.19. The summed E-state index contributed by atoms with van der Waals surface area (Å²) in [5, 5.41) is 3.88. The van der Waals surface area contributed by atoms with Crippen molar-refractivity contribution in [1.29, 1.82) is 0 Å². The van der Waals surface area contributed by atoms with Crippen LogP contribution in [-0.4, -0.2) is 17.8 Å². The van der Waals surface area contributed by atoms with Crippen LogP contribution < -0.4 is 5.32 Å². The molecule has 0 bridgehead atoms. The highest BCUT2D eigenvalue weighted by atomic mass is 79.9. The minimum Gasteiger partial charge on any atom is -0.356 e. The zero-order chi connectivity index (χ0) is 7.40. The molecule has 0 aromatic carbocycles. The summed E-state index contributed by atoms with van der Waals surface area (Å²) in [5.74, 6) is 0.905. The van der Waals surface area contributed by atoms with Crippen molar-refractivity contribution in [2.24, 2.45) is 5.92 Å². The van der Waals surface area contributed by atoms with Gasteiger partial charge in [-0.15, -0.1) is 0 Å². The van der Waals surface area contributed by atoms with Crippen LogP contribution in [0, 0.1) is 5.92 Å². The van der Waals surface area contributed by atoms with Crippen LogP contribution in [0.5, 0.6) is 0 Å². The summed E-state index contributed by atoms with van der Waals surface area (Å²) >= 11 is 3.43. The molecule has 1 amide bonds. The van der Waals surface area contributed by atoms with E-state index in [-0.39, 0.29) is 5.91 Å². The fraction of sp³-hybridized carbons (Fsp3) is 0.857. The lowest BCUT2D eigenvalue weighted by Crippen LogP contribution is -2.21. The first-order chi connectivity index (χ1) is 4.83. The van der Waals surface area contributed by atoms with Gasteiger partial charge in [-0.25, -0.2) is 0 Å². The Bertz CT molecular complexity index is 127.